The Kier molecular flexibility index (Phi) is 14.5. The minimum Gasteiger partial charge on any atom is -0.481 e. The van der Waals surface area contributed by atoms with Gasteiger partial charge in [-0.3, -0.25) is 12.7 Å². The second-order valence-electron chi connectivity index (χ2n) is 2.87. The Morgan fingerprint density at radius 1 is 1.00 bits per heavy atom. The van der Waals surface area contributed by atoms with Crippen molar-refractivity contribution in [2.45, 2.75) is 26.7 Å². The van der Waals surface area contributed by atoms with Crippen molar-refractivity contribution in [2.75, 3.05) is 0 Å². The summed E-state index contributed by atoms with van der Waals surface area (Å²) < 4.78 is 11.2. The van der Waals surface area contributed by atoms with Crippen molar-refractivity contribution in [3.05, 3.63) is 33.9 Å². The molecule has 0 saturated heterocycles. The van der Waals surface area contributed by atoms with Gasteiger partial charge >= 0.3 is 11.9 Å². The second kappa shape index (κ2) is 13.8. The Bertz CT molecular complexity index is 337. The predicted molar refractivity (Wildman–Crippen MR) is 75.7 cm³/mol. The molecule has 0 atom stereocenters. The number of hydrogen-bond donors (Lipinski definition) is 2. The van der Waals surface area contributed by atoms with Crippen LogP contribution >= 0.6 is 21.2 Å². The molecule has 5 nitrogen and oxygen atoms in total. The molecule has 0 aromatic heterocycles. The van der Waals surface area contributed by atoms with Gasteiger partial charge in [-0.15, -0.1) is 0 Å². The van der Waals surface area contributed by atoms with Gasteiger partial charge in [0.15, 0.2) is 21.2 Å². The smallest absolute Gasteiger partial charge is 0.303 e. The quantitative estimate of drug-likeness (QED) is 0.800. The third-order valence-electron chi connectivity index (χ3n) is 1.43. The zero-order chi connectivity index (χ0) is 14.4. The molecule has 0 aliphatic rings. The van der Waals surface area contributed by atoms with Crippen molar-refractivity contribution in [3.63, 3.8) is 0 Å². The molecule has 0 aliphatic heterocycles. The molecule has 1 aromatic carbocycles. The molecule has 18 heavy (non-hydrogen) atoms. The number of benzene rings is 1. The van der Waals surface area contributed by atoms with Crippen LogP contribution in [0.15, 0.2) is 30.3 Å². The van der Waals surface area contributed by atoms with Gasteiger partial charge < -0.3 is 10.2 Å². The molecule has 0 heterocycles. The first-order valence-corrected chi connectivity index (χ1v) is 7.19. The fraction of sp³-hybridized carbons (Fsp3) is 0.333. The maximum absolute atomic E-state index is 10.2. The van der Waals surface area contributed by atoms with Crippen molar-refractivity contribution in [1.82, 2.24) is 0 Å². The van der Waals surface area contributed by atoms with E-state index >= 15 is 0 Å². The average Bonchev–Trinajstić information content (AvgIpc) is 2.41. The van der Waals surface area contributed by atoms with Crippen LogP contribution in [0.2, 0.25) is 0 Å². The molecular weight excluding hydrogens is 351 g/mol. The number of rotatable bonds is 3. The van der Waals surface area contributed by atoms with Gasteiger partial charge in [-0.2, -0.15) is 0 Å². The first-order valence-electron chi connectivity index (χ1n) is 5.23. The van der Waals surface area contributed by atoms with E-state index in [0.29, 0.717) is 0 Å². The summed E-state index contributed by atoms with van der Waals surface area (Å²) in [5.41, 5.74) is 0. The SMILES string of the molecule is CCC(=O)O.CCC(=O)O.O=Ic1ccccc1. The van der Waals surface area contributed by atoms with E-state index in [0.717, 1.165) is 3.57 Å². The van der Waals surface area contributed by atoms with E-state index in [2.05, 4.69) is 0 Å². The summed E-state index contributed by atoms with van der Waals surface area (Å²) in [4.78, 5) is 18.7. The van der Waals surface area contributed by atoms with E-state index < -0.39 is 33.1 Å². The van der Waals surface area contributed by atoms with Crippen LogP contribution in [0.5, 0.6) is 0 Å². The summed E-state index contributed by atoms with van der Waals surface area (Å²) in [6.45, 7) is 3.20. The molecule has 0 amide bonds. The predicted octanol–water partition coefficient (Wildman–Crippen LogP) is 3.13. The normalized spacial score (nSPS) is 8.11. The minimum atomic E-state index is -0.941. The van der Waals surface area contributed by atoms with Crippen molar-refractivity contribution in [1.29, 1.82) is 0 Å². The van der Waals surface area contributed by atoms with Crippen LogP contribution in [0.1, 0.15) is 26.7 Å². The second-order valence-corrected chi connectivity index (χ2v) is 4.55. The lowest BCUT2D eigenvalue weighted by Gasteiger charge is -1.80. The lowest BCUT2D eigenvalue weighted by atomic mass is 10.4. The topological polar surface area (TPSA) is 91.7 Å². The van der Waals surface area contributed by atoms with E-state index in [-0.39, 0.29) is 12.8 Å². The summed E-state index contributed by atoms with van der Waals surface area (Å²) in [5, 5.41) is 15.4. The van der Waals surface area contributed by atoms with Crippen LogP contribution in [0.3, 0.4) is 0 Å². The first-order chi connectivity index (χ1) is 8.47. The van der Waals surface area contributed by atoms with E-state index in [9.17, 15) is 12.7 Å². The van der Waals surface area contributed by atoms with Crippen molar-refractivity contribution >= 4 is 33.1 Å². The maximum atomic E-state index is 10.2. The van der Waals surface area contributed by atoms with Crippen LogP contribution in [-0.4, -0.2) is 22.2 Å². The average molecular weight is 368 g/mol. The number of carboxylic acid groups (broad SMARTS) is 2. The lowest BCUT2D eigenvalue weighted by Crippen LogP contribution is -1.86. The number of aliphatic carboxylic acids is 2. The number of hydrogen-bond acceptors (Lipinski definition) is 3. The van der Waals surface area contributed by atoms with Gasteiger partial charge in [-0.05, 0) is 12.1 Å². The summed E-state index contributed by atoms with van der Waals surface area (Å²) in [7, 11) is 0. The van der Waals surface area contributed by atoms with Gasteiger partial charge in [0, 0.05) is 16.4 Å². The highest BCUT2D eigenvalue weighted by atomic mass is 127. The molecule has 0 spiro atoms. The van der Waals surface area contributed by atoms with Gasteiger partial charge in [0.05, 0.1) is 0 Å². The summed E-state index contributed by atoms with van der Waals surface area (Å²) in [5.74, 6) is -1.49. The minimum absolute atomic E-state index is 0.222. The molecule has 0 fully saturated rings. The van der Waals surface area contributed by atoms with Gasteiger partial charge in [-0.1, -0.05) is 32.0 Å². The first kappa shape index (κ1) is 19.0. The molecule has 0 saturated carbocycles. The van der Waals surface area contributed by atoms with Gasteiger partial charge in [0.2, 0.25) is 0 Å². The van der Waals surface area contributed by atoms with Crippen LogP contribution in [0.25, 0.3) is 0 Å². The standard InChI is InChI=1S/C6H5IO.2C3H6O2/c8-7-6-4-2-1-3-5-6;2*1-2-3(4)5/h1-5H;2*2H2,1H3,(H,4,5). The van der Waals surface area contributed by atoms with E-state index in [1.165, 1.54) is 0 Å². The Morgan fingerprint density at radius 3 is 1.50 bits per heavy atom. The van der Waals surface area contributed by atoms with Crippen LogP contribution in [-0.2, 0) is 12.7 Å². The van der Waals surface area contributed by atoms with E-state index in [4.69, 9.17) is 10.2 Å². The number of carboxylic acids is 2. The van der Waals surface area contributed by atoms with E-state index in [1.54, 1.807) is 13.8 Å². The fourth-order valence-corrected chi connectivity index (χ4v) is 1.17. The van der Waals surface area contributed by atoms with Crippen molar-refractivity contribution < 1.29 is 22.9 Å². The monoisotopic (exact) mass is 368 g/mol. The Labute approximate surface area is 116 Å². The maximum Gasteiger partial charge on any atom is 0.303 e. The molecule has 102 valence electrons. The molecular formula is C12H17IO5. The molecule has 0 radical (unpaired) electrons. The zero-order valence-electron chi connectivity index (χ0n) is 10.3. The van der Waals surface area contributed by atoms with Gasteiger partial charge in [0.1, 0.15) is 0 Å². The van der Waals surface area contributed by atoms with Crippen molar-refractivity contribution in [2.24, 2.45) is 0 Å². The molecule has 0 unspecified atom stereocenters. The number of halogens is 1. The van der Waals surface area contributed by atoms with Crippen molar-refractivity contribution in [3.8, 4) is 0 Å². The largest absolute Gasteiger partial charge is 0.481 e. The lowest BCUT2D eigenvalue weighted by molar-refractivity contribution is -0.137. The summed E-state index contributed by atoms with van der Waals surface area (Å²) >= 11 is -0.941. The summed E-state index contributed by atoms with van der Waals surface area (Å²) in [6.07, 6.45) is 0.444. The van der Waals surface area contributed by atoms with Gasteiger partial charge in [-0.25, -0.2) is 0 Å². The van der Waals surface area contributed by atoms with Crippen LogP contribution in [0, 0.1) is 3.57 Å². The molecule has 1 aromatic rings. The molecule has 6 heteroatoms. The third kappa shape index (κ3) is 17.1. The van der Waals surface area contributed by atoms with Crippen LogP contribution < -0.4 is 0 Å². The molecule has 1 rings (SSSR count). The third-order valence-corrected chi connectivity index (χ3v) is 2.65. The fourth-order valence-electron chi connectivity index (χ4n) is 0.466. The molecule has 0 bridgehead atoms. The zero-order valence-corrected chi connectivity index (χ0v) is 12.5. The Balaban J connectivity index is 0. The molecule has 2 N–H and O–H groups in total. The van der Waals surface area contributed by atoms with E-state index in [1.807, 2.05) is 30.3 Å². The van der Waals surface area contributed by atoms with Crippen LogP contribution in [0.4, 0.5) is 0 Å². The Hall–Kier alpha value is -1.31. The Morgan fingerprint density at radius 2 is 1.33 bits per heavy atom. The molecule has 0 aliphatic carbocycles. The van der Waals surface area contributed by atoms with Gasteiger partial charge in [0.25, 0.3) is 0 Å². The summed E-state index contributed by atoms with van der Waals surface area (Å²) in [6, 6.07) is 9.46. The number of carbonyl (C=O) groups is 2. The highest BCUT2D eigenvalue weighted by molar-refractivity contribution is 14.1. The highest BCUT2D eigenvalue weighted by Gasteiger charge is 1.82. The highest BCUT2D eigenvalue weighted by Crippen LogP contribution is 2.06.